The van der Waals surface area contributed by atoms with Crippen molar-refractivity contribution in [3.8, 4) is 12.1 Å². The van der Waals surface area contributed by atoms with Gasteiger partial charge in [0.25, 0.3) is 0 Å². The number of hydrazine groups is 2. The number of halogens is 5. The molecule has 2 heterocycles. The Morgan fingerprint density at radius 3 is 2.41 bits per heavy atom. The van der Waals surface area contributed by atoms with E-state index in [4.69, 9.17) is 11.6 Å². The van der Waals surface area contributed by atoms with Crippen LogP contribution in [0.25, 0.3) is 10.9 Å². The van der Waals surface area contributed by atoms with Gasteiger partial charge in [0.2, 0.25) is 0 Å². The van der Waals surface area contributed by atoms with Crippen LogP contribution in [0.1, 0.15) is 54.5 Å². The number of nitrogens with one attached hydrogen (secondary N) is 4. The van der Waals surface area contributed by atoms with Crippen LogP contribution in [0, 0.1) is 28.5 Å². The zero-order chi connectivity index (χ0) is 32.5. The van der Waals surface area contributed by atoms with Gasteiger partial charge < -0.3 is 16.1 Å². The van der Waals surface area contributed by atoms with Crippen molar-refractivity contribution in [1.82, 2.24) is 21.0 Å². The van der Waals surface area contributed by atoms with Gasteiger partial charge in [0.05, 0.1) is 45.6 Å². The van der Waals surface area contributed by atoms with Crippen LogP contribution in [0.2, 0.25) is 5.02 Å². The smallest absolute Gasteiger partial charge is 0.377 e. The summed E-state index contributed by atoms with van der Waals surface area (Å²) >= 11 is 6.74. The highest BCUT2D eigenvalue weighted by Crippen LogP contribution is 2.53. The largest absolute Gasteiger partial charge is 0.413 e. The molecule has 1 unspecified atom stereocenters. The zero-order valence-electron chi connectivity index (χ0n) is 24.2. The molecular weight excluding hydrogens is 620 g/mol. The van der Waals surface area contributed by atoms with Crippen molar-refractivity contribution >= 4 is 33.9 Å². The second-order valence-electron chi connectivity index (χ2n) is 11.2. The number of hydrogen-bond donors (Lipinski definition) is 4. The Hall–Kier alpha value is -5.04. The summed E-state index contributed by atoms with van der Waals surface area (Å²) in [5.74, 6) is -0.464. The predicted octanol–water partition coefficient (Wildman–Crippen LogP) is 7.77. The summed E-state index contributed by atoms with van der Waals surface area (Å²) in [5.41, 5.74) is 6.95. The lowest BCUT2D eigenvalue weighted by atomic mass is 10.00. The minimum Gasteiger partial charge on any atom is -0.377 e. The zero-order valence-corrected chi connectivity index (χ0v) is 24.9. The third kappa shape index (κ3) is 5.97. The normalized spacial score (nSPS) is 16.5. The third-order valence-electron chi connectivity index (χ3n) is 8.24. The Morgan fingerprint density at radius 1 is 1.02 bits per heavy atom. The molecule has 2 atom stereocenters. The number of aromatic nitrogens is 1. The maximum atomic E-state index is 13.9. The van der Waals surface area contributed by atoms with E-state index in [2.05, 4.69) is 38.7 Å². The Labute approximate surface area is 267 Å². The molecule has 3 aromatic carbocycles. The first-order valence-electron chi connectivity index (χ1n) is 14.5. The average molecular weight is 647 g/mol. The van der Waals surface area contributed by atoms with E-state index >= 15 is 0 Å². The molecule has 13 heteroatoms. The molecule has 0 spiro atoms. The third-order valence-corrected chi connectivity index (χ3v) is 8.53. The molecule has 1 aliphatic carbocycles. The first-order valence-corrected chi connectivity index (χ1v) is 14.8. The summed E-state index contributed by atoms with van der Waals surface area (Å²) in [6.45, 7) is 0. The number of fused-ring (bicyclic) bond motifs is 1. The van der Waals surface area contributed by atoms with Crippen LogP contribution in [-0.2, 0) is 0 Å². The fraction of sp³-hybridized carbons (Fsp3) is 0.242. The Kier molecular flexibility index (Phi) is 8.34. The fourth-order valence-electron chi connectivity index (χ4n) is 5.62. The lowest BCUT2D eigenvalue weighted by molar-refractivity contribution is -0.195. The van der Waals surface area contributed by atoms with Crippen molar-refractivity contribution in [1.29, 1.82) is 10.5 Å². The van der Waals surface area contributed by atoms with Crippen molar-refractivity contribution in [2.24, 2.45) is 0 Å². The van der Waals surface area contributed by atoms with Crippen molar-refractivity contribution in [2.75, 3.05) is 10.6 Å². The molecule has 234 valence electrons. The van der Waals surface area contributed by atoms with Gasteiger partial charge in [-0.05, 0) is 54.7 Å². The summed E-state index contributed by atoms with van der Waals surface area (Å²) in [6.07, 6.45) is -1.01. The minimum absolute atomic E-state index is 0.0494. The Morgan fingerprint density at radius 2 is 1.76 bits per heavy atom. The number of rotatable bonds is 10. The topological polar surface area (TPSA) is 112 Å². The molecule has 8 nitrogen and oxygen atoms in total. The Bertz CT molecular complexity index is 1860. The number of benzene rings is 3. The standard InChI is InChI=1S/C33H27ClF4N8/c34-26-16-24(15-25-29(22(17-40)18-41-31(25)26)43-27(7-4-14-39)20-5-2-1-3-6-20)42-30(21-8-10-23(35)11-9-21)28-19-46(45-44-28)32(12-13-32)33(36,37)38/h1-3,5-6,8-11,15-16,18-19,27,30,42,44-45H,4,7,12-13H2,(H,41,43)/t27-,30?/m1/s1. The number of pyridine rings is 1. The molecule has 0 saturated heterocycles. The van der Waals surface area contributed by atoms with Gasteiger partial charge in [0, 0.05) is 29.9 Å². The molecule has 46 heavy (non-hydrogen) atoms. The van der Waals surface area contributed by atoms with Crippen molar-refractivity contribution in [3.05, 3.63) is 112 Å². The van der Waals surface area contributed by atoms with Gasteiger partial charge in [-0.2, -0.15) is 23.7 Å². The van der Waals surface area contributed by atoms with E-state index < -0.39 is 23.6 Å². The fourth-order valence-corrected chi connectivity index (χ4v) is 5.89. The highest BCUT2D eigenvalue weighted by atomic mass is 35.5. The maximum absolute atomic E-state index is 13.9. The van der Waals surface area contributed by atoms with Gasteiger partial charge in [-0.3, -0.25) is 9.99 Å². The highest BCUT2D eigenvalue weighted by Gasteiger charge is 2.67. The van der Waals surface area contributed by atoms with Crippen LogP contribution < -0.4 is 21.6 Å². The number of nitriles is 2. The van der Waals surface area contributed by atoms with E-state index in [1.807, 2.05) is 30.3 Å². The van der Waals surface area contributed by atoms with E-state index in [1.165, 1.54) is 24.5 Å². The summed E-state index contributed by atoms with van der Waals surface area (Å²) < 4.78 is 55.6. The second-order valence-corrected chi connectivity index (χ2v) is 11.6. The van der Waals surface area contributed by atoms with Gasteiger partial charge in [-0.15, -0.1) is 5.53 Å². The monoisotopic (exact) mass is 646 g/mol. The molecule has 1 aromatic heterocycles. The molecule has 2 aliphatic rings. The van der Waals surface area contributed by atoms with Crippen LogP contribution in [0.3, 0.4) is 0 Å². The van der Waals surface area contributed by atoms with E-state index in [0.29, 0.717) is 40.0 Å². The molecule has 0 radical (unpaired) electrons. The molecule has 0 amide bonds. The predicted molar refractivity (Wildman–Crippen MR) is 166 cm³/mol. The lowest BCUT2D eigenvalue weighted by Crippen LogP contribution is -2.52. The summed E-state index contributed by atoms with van der Waals surface area (Å²) in [4.78, 5) is 4.42. The first kappa shape index (κ1) is 31.0. The van der Waals surface area contributed by atoms with Gasteiger partial charge in [0.1, 0.15) is 11.9 Å². The molecule has 6 rings (SSSR count). The summed E-state index contributed by atoms with van der Waals surface area (Å²) in [6, 6.07) is 21.8. The minimum atomic E-state index is -4.45. The van der Waals surface area contributed by atoms with E-state index in [9.17, 15) is 28.1 Å². The number of alkyl halides is 3. The maximum Gasteiger partial charge on any atom is 0.413 e. The number of hydrogen-bond acceptors (Lipinski definition) is 8. The quantitative estimate of drug-likeness (QED) is 0.129. The molecular formula is C33H27ClF4N8. The average Bonchev–Trinajstić information content (AvgIpc) is 3.74. The lowest BCUT2D eigenvalue weighted by Gasteiger charge is -2.28. The number of nitrogens with zero attached hydrogens (tertiary/aromatic N) is 4. The SMILES string of the molecule is N#CCC[C@@H](Nc1c(C#N)cnc2c(Cl)cc(NC(C3=CN(C4(C(F)(F)F)CC4)NN3)c3ccc(F)cc3)cc12)c1ccccc1. The van der Waals surface area contributed by atoms with Crippen LogP contribution in [0.4, 0.5) is 28.9 Å². The van der Waals surface area contributed by atoms with Gasteiger partial charge in [0.15, 0.2) is 5.54 Å². The van der Waals surface area contributed by atoms with Crippen molar-refractivity contribution in [3.63, 3.8) is 0 Å². The molecule has 0 bridgehead atoms. The molecule has 1 saturated carbocycles. The Balaban J connectivity index is 1.41. The first-order chi connectivity index (χ1) is 22.1. The molecule has 1 fully saturated rings. The van der Waals surface area contributed by atoms with Crippen molar-refractivity contribution in [2.45, 2.75) is 49.5 Å². The van der Waals surface area contributed by atoms with Crippen LogP contribution in [0.5, 0.6) is 0 Å². The van der Waals surface area contributed by atoms with E-state index in [-0.39, 0.29) is 35.9 Å². The molecule has 4 N–H and O–H groups in total. The van der Waals surface area contributed by atoms with Gasteiger partial charge in [-0.25, -0.2) is 4.39 Å². The van der Waals surface area contributed by atoms with Crippen LogP contribution in [0.15, 0.2) is 84.8 Å². The van der Waals surface area contributed by atoms with Crippen molar-refractivity contribution < 1.29 is 17.6 Å². The van der Waals surface area contributed by atoms with Gasteiger partial charge in [-0.1, -0.05) is 54.1 Å². The molecule has 1 aliphatic heterocycles. The number of anilines is 2. The van der Waals surface area contributed by atoms with Crippen LogP contribution in [-0.4, -0.2) is 21.7 Å². The summed E-state index contributed by atoms with van der Waals surface area (Å²) in [5, 5.41) is 27.9. The molecule has 4 aromatic rings. The van der Waals surface area contributed by atoms with E-state index in [0.717, 1.165) is 10.6 Å². The second kappa shape index (κ2) is 12.4. The summed E-state index contributed by atoms with van der Waals surface area (Å²) in [7, 11) is 0. The van der Waals surface area contributed by atoms with E-state index in [1.54, 1.807) is 24.3 Å². The van der Waals surface area contributed by atoms with Crippen LogP contribution >= 0.6 is 11.6 Å². The van der Waals surface area contributed by atoms with Gasteiger partial charge >= 0.3 is 6.18 Å². The highest BCUT2D eigenvalue weighted by molar-refractivity contribution is 6.35.